The number of unbranched alkanes of at least 4 members (excludes halogenated alkanes) is 10. The number of hydrogen-bond donors (Lipinski definition) is 4. The van der Waals surface area contributed by atoms with Crippen LogP contribution in [-0.2, 0) is 9.59 Å². The molecule has 1 amide bonds. The van der Waals surface area contributed by atoms with Crippen LogP contribution >= 0.6 is 0 Å². The third kappa shape index (κ3) is 20.7. The molecule has 0 aliphatic rings. The van der Waals surface area contributed by atoms with Crippen LogP contribution in [0.25, 0.3) is 0 Å². The van der Waals surface area contributed by atoms with Crippen molar-refractivity contribution in [1.82, 2.24) is 9.80 Å². The zero-order valence-corrected chi connectivity index (χ0v) is 20.8. The first kappa shape index (κ1) is 33.0. The normalized spacial score (nSPS) is 11.7. The van der Waals surface area contributed by atoms with Gasteiger partial charge < -0.3 is 25.3 Å². The third-order valence-electron chi connectivity index (χ3n) is 5.57. The van der Waals surface area contributed by atoms with Crippen LogP contribution in [0.5, 0.6) is 0 Å². The van der Waals surface area contributed by atoms with Gasteiger partial charge in [0.05, 0.1) is 19.8 Å². The van der Waals surface area contributed by atoms with Gasteiger partial charge in [0.25, 0.3) is 0 Å². The predicted molar refractivity (Wildman–Crippen MR) is 129 cm³/mol. The SMILES string of the molecule is CCCCCCCCCCCCCC(=O)N(C)[C@@H](C)C(=O)O.OCCN(CCO)CCO. The monoisotopic (exact) mass is 462 g/mol. The van der Waals surface area contributed by atoms with E-state index < -0.39 is 12.0 Å². The molecule has 0 saturated heterocycles. The number of aliphatic hydroxyl groups is 3. The quantitative estimate of drug-likeness (QED) is 0.205. The van der Waals surface area contributed by atoms with E-state index in [0.717, 1.165) is 12.8 Å². The predicted octanol–water partition coefficient (Wildman–Crippen LogP) is 2.88. The van der Waals surface area contributed by atoms with Gasteiger partial charge in [-0.1, -0.05) is 71.1 Å². The summed E-state index contributed by atoms with van der Waals surface area (Å²) in [7, 11) is 1.57. The Kier molecular flexibility index (Phi) is 25.2. The Labute approximate surface area is 195 Å². The summed E-state index contributed by atoms with van der Waals surface area (Å²) >= 11 is 0. The Balaban J connectivity index is 0. The fourth-order valence-corrected chi connectivity index (χ4v) is 3.26. The van der Waals surface area contributed by atoms with Gasteiger partial charge in [0, 0.05) is 33.1 Å². The highest BCUT2D eigenvalue weighted by molar-refractivity contribution is 5.83. The summed E-state index contributed by atoms with van der Waals surface area (Å²) < 4.78 is 0. The molecular formula is C24H50N2O6. The molecule has 0 aliphatic heterocycles. The zero-order chi connectivity index (χ0) is 24.6. The van der Waals surface area contributed by atoms with E-state index in [2.05, 4.69) is 6.92 Å². The number of carbonyl (C=O) groups excluding carboxylic acids is 1. The maximum absolute atomic E-state index is 11.8. The van der Waals surface area contributed by atoms with Crippen LogP contribution in [0.4, 0.5) is 0 Å². The van der Waals surface area contributed by atoms with E-state index in [1.54, 1.807) is 18.9 Å². The highest BCUT2D eigenvalue weighted by atomic mass is 16.4. The Morgan fingerprint density at radius 2 is 1.09 bits per heavy atom. The van der Waals surface area contributed by atoms with Crippen molar-refractivity contribution in [3.05, 3.63) is 0 Å². The van der Waals surface area contributed by atoms with Gasteiger partial charge in [0.15, 0.2) is 0 Å². The van der Waals surface area contributed by atoms with E-state index in [9.17, 15) is 9.59 Å². The molecule has 1 atom stereocenters. The number of aliphatic hydroxyl groups excluding tert-OH is 3. The van der Waals surface area contributed by atoms with Crippen LogP contribution in [0.3, 0.4) is 0 Å². The third-order valence-corrected chi connectivity index (χ3v) is 5.57. The van der Waals surface area contributed by atoms with E-state index in [1.807, 2.05) is 0 Å². The summed E-state index contributed by atoms with van der Waals surface area (Å²) in [5.41, 5.74) is 0. The van der Waals surface area contributed by atoms with Gasteiger partial charge in [0.2, 0.25) is 5.91 Å². The fraction of sp³-hybridized carbons (Fsp3) is 0.917. The van der Waals surface area contributed by atoms with E-state index in [-0.39, 0.29) is 25.7 Å². The number of carboxylic acid groups (broad SMARTS) is 1. The lowest BCUT2D eigenvalue weighted by Crippen LogP contribution is -2.40. The van der Waals surface area contributed by atoms with Crippen LogP contribution in [0.15, 0.2) is 0 Å². The summed E-state index contributed by atoms with van der Waals surface area (Å²) in [6.07, 6.45) is 14.2. The van der Waals surface area contributed by atoms with Crippen molar-refractivity contribution < 1.29 is 30.0 Å². The molecule has 4 N–H and O–H groups in total. The van der Waals surface area contributed by atoms with Crippen LogP contribution < -0.4 is 0 Å². The summed E-state index contributed by atoms with van der Waals surface area (Å²) in [4.78, 5) is 25.7. The van der Waals surface area contributed by atoms with Crippen molar-refractivity contribution in [2.75, 3.05) is 46.5 Å². The average molecular weight is 463 g/mol. The molecule has 0 aliphatic carbocycles. The van der Waals surface area contributed by atoms with Gasteiger partial charge in [-0.2, -0.15) is 0 Å². The van der Waals surface area contributed by atoms with Crippen molar-refractivity contribution in [2.24, 2.45) is 0 Å². The number of likely N-dealkylation sites (N-methyl/N-ethyl adjacent to an activating group) is 1. The minimum Gasteiger partial charge on any atom is -0.480 e. The lowest BCUT2D eigenvalue weighted by Gasteiger charge is -2.21. The molecular weight excluding hydrogens is 412 g/mol. The van der Waals surface area contributed by atoms with Gasteiger partial charge >= 0.3 is 5.97 Å². The molecule has 0 aromatic rings. The van der Waals surface area contributed by atoms with E-state index >= 15 is 0 Å². The second-order valence-corrected chi connectivity index (χ2v) is 8.32. The van der Waals surface area contributed by atoms with Crippen molar-refractivity contribution in [1.29, 1.82) is 0 Å². The van der Waals surface area contributed by atoms with Gasteiger partial charge in [-0.3, -0.25) is 9.69 Å². The van der Waals surface area contributed by atoms with E-state index in [1.165, 1.54) is 62.7 Å². The van der Waals surface area contributed by atoms with Gasteiger partial charge in [0.1, 0.15) is 6.04 Å². The summed E-state index contributed by atoms with van der Waals surface area (Å²) in [5, 5.41) is 34.3. The summed E-state index contributed by atoms with van der Waals surface area (Å²) in [5.74, 6) is -1.01. The van der Waals surface area contributed by atoms with Gasteiger partial charge in [-0.15, -0.1) is 0 Å². The topological polar surface area (TPSA) is 122 Å². The number of nitrogens with zero attached hydrogens (tertiary/aromatic N) is 2. The maximum Gasteiger partial charge on any atom is 0.326 e. The number of aliphatic carboxylic acids is 1. The molecule has 0 aromatic carbocycles. The number of carbonyl (C=O) groups is 2. The summed E-state index contributed by atoms with van der Waals surface area (Å²) in [6, 6.07) is -0.736. The second-order valence-electron chi connectivity index (χ2n) is 8.32. The molecule has 8 heteroatoms. The molecule has 0 bridgehead atoms. The lowest BCUT2D eigenvalue weighted by atomic mass is 10.1. The molecule has 32 heavy (non-hydrogen) atoms. The first-order chi connectivity index (χ1) is 15.3. The Hall–Kier alpha value is -1.22. The average Bonchev–Trinajstić information content (AvgIpc) is 2.77. The summed E-state index contributed by atoms with van der Waals surface area (Å²) in [6.45, 7) is 5.54. The molecule has 0 spiro atoms. The Morgan fingerprint density at radius 1 is 0.719 bits per heavy atom. The van der Waals surface area contributed by atoms with E-state index in [0.29, 0.717) is 26.1 Å². The molecule has 0 rings (SSSR count). The maximum atomic E-state index is 11.8. The van der Waals surface area contributed by atoms with Crippen LogP contribution in [0.1, 0.15) is 90.9 Å². The van der Waals surface area contributed by atoms with Crippen LogP contribution in [0, 0.1) is 0 Å². The first-order valence-electron chi connectivity index (χ1n) is 12.4. The second kappa shape index (κ2) is 24.4. The number of amides is 1. The molecule has 0 aromatic heterocycles. The Morgan fingerprint density at radius 3 is 1.44 bits per heavy atom. The molecule has 8 nitrogen and oxygen atoms in total. The van der Waals surface area contributed by atoms with Crippen LogP contribution in [0.2, 0.25) is 0 Å². The largest absolute Gasteiger partial charge is 0.480 e. The van der Waals surface area contributed by atoms with Crippen molar-refractivity contribution >= 4 is 11.9 Å². The van der Waals surface area contributed by atoms with Crippen molar-refractivity contribution in [2.45, 2.75) is 96.9 Å². The first-order valence-corrected chi connectivity index (χ1v) is 12.4. The standard InChI is InChI=1S/C18H35NO3.C6H15NO3/c1-4-5-6-7-8-9-10-11-12-13-14-15-17(20)19(3)16(2)18(21)22;8-4-1-7(2-5-9)3-6-10/h16H,4-15H2,1-3H3,(H,21,22);8-10H,1-6H2/t16-;/m0./s1. The number of hydrogen-bond acceptors (Lipinski definition) is 6. The fourth-order valence-electron chi connectivity index (χ4n) is 3.26. The molecule has 0 unspecified atom stereocenters. The minimum atomic E-state index is -0.949. The van der Waals surface area contributed by atoms with Crippen molar-refractivity contribution in [3.63, 3.8) is 0 Å². The molecule has 0 radical (unpaired) electrons. The van der Waals surface area contributed by atoms with Gasteiger partial charge in [-0.25, -0.2) is 4.79 Å². The molecule has 192 valence electrons. The molecule has 0 saturated carbocycles. The molecule has 0 heterocycles. The van der Waals surface area contributed by atoms with Gasteiger partial charge in [-0.05, 0) is 13.3 Å². The number of rotatable bonds is 20. The molecule has 0 fully saturated rings. The van der Waals surface area contributed by atoms with E-state index in [4.69, 9.17) is 20.4 Å². The highest BCUT2D eigenvalue weighted by Gasteiger charge is 2.20. The van der Waals surface area contributed by atoms with Crippen LogP contribution in [-0.4, -0.2) is 94.6 Å². The Bertz CT molecular complexity index is 422. The number of carboxylic acids is 1. The zero-order valence-electron chi connectivity index (χ0n) is 20.8. The smallest absolute Gasteiger partial charge is 0.326 e. The lowest BCUT2D eigenvalue weighted by molar-refractivity contribution is -0.148. The highest BCUT2D eigenvalue weighted by Crippen LogP contribution is 2.12. The van der Waals surface area contributed by atoms with Crippen molar-refractivity contribution in [3.8, 4) is 0 Å². The minimum absolute atomic E-state index is 0.0641.